The molecule has 0 aromatic heterocycles. The Morgan fingerprint density at radius 2 is 0.465 bits per heavy atom. The molecular weight excluding hydrogens is 1030 g/mol. The molecule has 0 saturated heterocycles. The lowest BCUT2D eigenvalue weighted by molar-refractivity contribution is 1.63. The maximum Gasteiger partial charge on any atom is -0.000697 e. The number of hydrogen-bond acceptors (Lipinski definition) is 0. The highest BCUT2D eigenvalue weighted by Gasteiger charge is 2.29. The van der Waals surface area contributed by atoms with Crippen LogP contribution >= 0.6 is 0 Å². The second kappa shape index (κ2) is 18.2. The molecule has 19 aromatic carbocycles. The van der Waals surface area contributed by atoms with Gasteiger partial charge >= 0.3 is 0 Å². The van der Waals surface area contributed by atoms with Gasteiger partial charge in [-0.25, -0.2) is 0 Å². The largest absolute Gasteiger partial charge is 0.0622 e. The lowest BCUT2D eigenvalue weighted by Crippen LogP contribution is -1.99. The van der Waals surface area contributed by atoms with Crippen LogP contribution in [0.3, 0.4) is 0 Å². The minimum Gasteiger partial charge on any atom is -0.0622 e. The number of rotatable bonds is 6. The van der Waals surface area contributed by atoms with Crippen LogP contribution in [0.15, 0.2) is 303 Å². The third-order valence-corrected chi connectivity index (χ3v) is 19.3. The predicted molar refractivity (Wildman–Crippen MR) is 372 cm³/mol. The quantitative estimate of drug-likeness (QED) is 0.115. The summed E-state index contributed by atoms with van der Waals surface area (Å²) in [4.78, 5) is 0. The summed E-state index contributed by atoms with van der Waals surface area (Å²) in [7, 11) is 0. The van der Waals surface area contributed by atoms with Crippen LogP contribution in [0.5, 0.6) is 0 Å². The molecule has 0 saturated carbocycles. The molecule has 0 aliphatic heterocycles. The van der Waals surface area contributed by atoms with E-state index >= 15 is 0 Å². The number of benzene rings is 19. The van der Waals surface area contributed by atoms with Gasteiger partial charge in [0.1, 0.15) is 0 Å². The summed E-state index contributed by atoms with van der Waals surface area (Å²) in [5.41, 5.74) is 14.7. The topological polar surface area (TPSA) is 0 Å². The monoisotopic (exact) mass is 1080 g/mol. The summed E-state index contributed by atoms with van der Waals surface area (Å²) in [6, 6.07) is 115. The molecular formula is C86H50. The van der Waals surface area contributed by atoms with Gasteiger partial charge in [-0.1, -0.05) is 291 Å². The molecule has 0 N–H and O–H groups in total. The van der Waals surface area contributed by atoms with Gasteiger partial charge in [0.15, 0.2) is 0 Å². The fourth-order valence-corrected chi connectivity index (χ4v) is 15.8. The molecule has 394 valence electrons. The number of hydrogen-bond donors (Lipinski definition) is 0. The average molecular weight is 1080 g/mol. The zero-order valence-electron chi connectivity index (χ0n) is 46.9. The van der Waals surface area contributed by atoms with E-state index in [1.54, 1.807) is 0 Å². The standard InChI is InChI=1S/C86H50/c1-3-19-51(20-4-1)73-50-75(83-63-31-11-9-29-61(63)81(62-30-10-12-32-64(62)83)71-47-43-57-39-37-53-24-17-26-55-41-45-69(71)79(57)76(53)55)86(85-74(73)49-59-23-7-8-28-60(59)78(85)52-21-5-2-6-22-52)84-67-35-15-13-33-65(67)82(66-34-14-16-36-68(66)84)72-48-44-58-40-38-54-25-18-27-56-42-46-70(72)80(58)77(54)56/h1-50H. The first-order chi connectivity index (χ1) is 42.7. The van der Waals surface area contributed by atoms with Crippen LogP contribution < -0.4 is 0 Å². The first kappa shape index (κ1) is 47.3. The highest BCUT2D eigenvalue weighted by molar-refractivity contribution is 6.36. The summed E-state index contributed by atoms with van der Waals surface area (Å²) >= 11 is 0. The van der Waals surface area contributed by atoms with E-state index in [0.717, 1.165) is 0 Å². The summed E-state index contributed by atoms with van der Waals surface area (Å²) in [6.07, 6.45) is 0. The summed E-state index contributed by atoms with van der Waals surface area (Å²) in [5, 5.41) is 30.1. The molecule has 86 heavy (non-hydrogen) atoms. The summed E-state index contributed by atoms with van der Waals surface area (Å²) in [5.74, 6) is 0. The van der Waals surface area contributed by atoms with E-state index in [2.05, 4.69) is 303 Å². The highest BCUT2D eigenvalue weighted by Crippen LogP contribution is 2.57. The SMILES string of the molecule is c1ccc(-c2cc(-c3c4ccccc4c(-c4ccc5ccc6cccc7ccc4c5c67)c4ccccc34)c(-c3c4ccccc4c(-c4ccc5ccc6cccc7ccc4c5c67)c4ccccc34)c3c(-c4ccccc4)c4ccccc4cc23)cc1. The first-order valence-electron chi connectivity index (χ1n) is 30.1. The van der Waals surface area contributed by atoms with Crippen molar-refractivity contribution < 1.29 is 0 Å². The molecule has 19 aromatic rings. The molecule has 0 radical (unpaired) electrons. The van der Waals surface area contributed by atoms with E-state index in [-0.39, 0.29) is 0 Å². The maximum atomic E-state index is 2.58. The molecule has 0 unspecified atom stereocenters. The van der Waals surface area contributed by atoms with Gasteiger partial charge in [-0.3, -0.25) is 0 Å². The Balaban J connectivity index is 1.03. The average Bonchev–Trinajstić information content (AvgIpc) is 0.776. The fraction of sp³-hybridized carbons (Fsp3) is 0. The zero-order valence-corrected chi connectivity index (χ0v) is 46.9. The molecule has 0 fully saturated rings. The van der Waals surface area contributed by atoms with Crippen LogP contribution in [-0.4, -0.2) is 0 Å². The van der Waals surface area contributed by atoms with Gasteiger partial charge < -0.3 is 0 Å². The van der Waals surface area contributed by atoms with Gasteiger partial charge in [0, 0.05) is 0 Å². The molecule has 0 aliphatic rings. The third-order valence-electron chi connectivity index (χ3n) is 19.3. The van der Waals surface area contributed by atoms with E-state index in [1.165, 1.54) is 196 Å². The van der Waals surface area contributed by atoms with Crippen molar-refractivity contribution in [2.24, 2.45) is 0 Å². The van der Waals surface area contributed by atoms with E-state index in [1.807, 2.05) is 0 Å². The van der Waals surface area contributed by atoms with Gasteiger partial charge in [-0.15, -0.1) is 0 Å². The van der Waals surface area contributed by atoms with E-state index in [0.29, 0.717) is 0 Å². The molecule has 0 aliphatic carbocycles. The molecule has 0 atom stereocenters. The fourth-order valence-electron chi connectivity index (χ4n) is 15.8. The Kier molecular flexibility index (Phi) is 9.99. The van der Waals surface area contributed by atoms with Crippen LogP contribution in [0.4, 0.5) is 0 Å². The minimum atomic E-state index is 1.18. The van der Waals surface area contributed by atoms with Gasteiger partial charge in [0.2, 0.25) is 0 Å². The van der Waals surface area contributed by atoms with Crippen LogP contribution in [0.1, 0.15) is 0 Å². The molecule has 0 bridgehead atoms. The van der Waals surface area contributed by atoms with Crippen LogP contribution in [0, 0.1) is 0 Å². The molecule has 19 rings (SSSR count). The maximum absolute atomic E-state index is 2.58. The van der Waals surface area contributed by atoms with Crippen molar-refractivity contribution in [1.82, 2.24) is 0 Å². The van der Waals surface area contributed by atoms with Crippen LogP contribution in [0.2, 0.25) is 0 Å². The predicted octanol–water partition coefficient (Wildman–Crippen LogP) is 24.4. The number of fused-ring (bicyclic) bond motifs is 6. The van der Waals surface area contributed by atoms with E-state index in [4.69, 9.17) is 0 Å². The van der Waals surface area contributed by atoms with Gasteiger partial charge in [-0.05, 0) is 208 Å². The van der Waals surface area contributed by atoms with Crippen molar-refractivity contribution in [3.05, 3.63) is 303 Å². The molecule has 0 heteroatoms. The van der Waals surface area contributed by atoms with Crippen molar-refractivity contribution in [2.75, 3.05) is 0 Å². The lowest BCUT2D eigenvalue weighted by Gasteiger charge is -2.27. The Hall–Kier alpha value is -11.2. The first-order valence-corrected chi connectivity index (χ1v) is 30.1. The minimum absolute atomic E-state index is 1.18. The lowest BCUT2D eigenvalue weighted by atomic mass is 9.76. The second-order valence-corrected chi connectivity index (χ2v) is 23.6. The Bertz CT molecular complexity index is 5900. The van der Waals surface area contributed by atoms with Crippen molar-refractivity contribution in [3.8, 4) is 66.8 Å². The molecule has 0 nitrogen and oxygen atoms in total. The normalized spacial score (nSPS) is 12.2. The van der Waals surface area contributed by atoms with E-state index in [9.17, 15) is 0 Å². The van der Waals surface area contributed by atoms with Gasteiger partial charge in [-0.2, -0.15) is 0 Å². The van der Waals surface area contributed by atoms with Gasteiger partial charge in [0.05, 0.1) is 0 Å². The summed E-state index contributed by atoms with van der Waals surface area (Å²) < 4.78 is 0. The third kappa shape index (κ3) is 6.64. The van der Waals surface area contributed by atoms with Crippen molar-refractivity contribution in [1.29, 1.82) is 0 Å². The zero-order chi connectivity index (χ0) is 56.1. The highest BCUT2D eigenvalue weighted by atomic mass is 14.3. The molecule has 0 amide bonds. The van der Waals surface area contributed by atoms with Crippen LogP contribution in [-0.2, 0) is 0 Å². The second-order valence-electron chi connectivity index (χ2n) is 23.6. The Morgan fingerprint density at radius 3 is 0.919 bits per heavy atom. The Labute approximate surface area is 496 Å². The van der Waals surface area contributed by atoms with Crippen molar-refractivity contribution in [2.45, 2.75) is 0 Å². The smallest absolute Gasteiger partial charge is 0.000697 e. The van der Waals surface area contributed by atoms with Crippen molar-refractivity contribution >= 4 is 129 Å². The summed E-state index contributed by atoms with van der Waals surface area (Å²) in [6.45, 7) is 0. The molecule has 0 heterocycles. The Morgan fingerprint density at radius 1 is 0.128 bits per heavy atom. The molecule has 0 spiro atoms. The van der Waals surface area contributed by atoms with Gasteiger partial charge in [0.25, 0.3) is 0 Å². The van der Waals surface area contributed by atoms with Crippen LogP contribution in [0.25, 0.3) is 196 Å². The van der Waals surface area contributed by atoms with E-state index < -0.39 is 0 Å². The van der Waals surface area contributed by atoms with Crippen molar-refractivity contribution in [3.63, 3.8) is 0 Å².